The predicted molar refractivity (Wildman–Crippen MR) is 87.7 cm³/mol. The molecule has 3 nitrogen and oxygen atoms in total. The molecule has 0 saturated heterocycles. The second-order valence-electron chi connectivity index (χ2n) is 5.66. The molecule has 0 fully saturated rings. The summed E-state index contributed by atoms with van der Waals surface area (Å²) in [7, 11) is 0. The lowest BCUT2D eigenvalue weighted by Gasteiger charge is -2.25. The van der Waals surface area contributed by atoms with E-state index in [1.165, 1.54) is 16.7 Å². The average Bonchev–Trinajstić information content (AvgIpc) is 2.59. The Kier molecular flexibility index (Phi) is 5.59. The van der Waals surface area contributed by atoms with E-state index in [9.17, 15) is 0 Å². The molecule has 0 bridgehead atoms. The van der Waals surface area contributed by atoms with Crippen LogP contribution in [0.4, 0.5) is 0 Å². The molecule has 0 amide bonds. The lowest BCUT2D eigenvalue weighted by atomic mass is 9.96. The van der Waals surface area contributed by atoms with Crippen LogP contribution < -0.4 is 5.32 Å². The molecule has 0 aliphatic carbocycles. The molecule has 0 spiro atoms. The van der Waals surface area contributed by atoms with Crippen molar-refractivity contribution in [3.8, 4) is 0 Å². The van der Waals surface area contributed by atoms with Crippen LogP contribution in [0, 0.1) is 0 Å². The summed E-state index contributed by atoms with van der Waals surface area (Å²) >= 11 is 0. The van der Waals surface area contributed by atoms with E-state index < -0.39 is 0 Å². The third-order valence-electron chi connectivity index (χ3n) is 3.97. The van der Waals surface area contributed by atoms with E-state index in [4.69, 9.17) is 9.47 Å². The monoisotopic (exact) mass is 297 g/mol. The van der Waals surface area contributed by atoms with Crippen molar-refractivity contribution in [2.45, 2.75) is 25.6 Å². The molecule has 22 heavy (non-hydrogen) atoms. The molecule has 3 rings (SSSR count). The van der Waals surface area contributed by atoms with Crippen LogP contribution in [-0.2, 0) is 29.0 Å². The van der Waals surface area contributed by atoms with Crippen LogP contribution in [0.1, 0.15) is 16.7 Å². The number of rotatable bonds is 7. The zero-order valence-electron chi connectivity index (χ0n) is 12.8. The fraction of sp³-hybridized carbons (Fsp3) is 0.368. The molecule has 116 valence electrons. The van der Waals surface area contributed by atoms with Crippen molar-refractivity contribution in [2.24, 2.45) is 0 Å². The van der Waals surface area contributed by atoms with Crippen molar-refractivity contribution in [2.75, 3.05) is 19.8 Å². The van der Waals surface area contributed by atoms with Gasteiger partial charge in [0.15, 0.2) is 0 Å². The summed E-state index contributed by atoms with van der Waals surface area (Å²) in [6.07, 6.45) is 1.04. The first-order chi connectivity index (χ1) is 10.9. The predicted octanol–water partition coefficient (Wildman–Crippen LogP) is 2.93. The highest BCUT2D eigenvalue weighted by atomic mass is 16.5. The van der Waals surface area contributed by atoms with Gasteiger partial charge in [-0.1, -0.05) is 54.6 Å². The molecule has 1 aliphatic rings. The molecular formula is C19H23NO2. The van der Waals surface area contributed by atoms with Gasteiger partial charge >= 0.3 is 0 Å². The highest BCUT2D eigenvalue weighted by Gasteiger charge is 2.17. The Bertz CT molecular complexity index is 571. The molecule has 1 heterocycles. The van der Waals surface area contributed by atoms with Gasteiger partial charge in [0.1, 0.15) is 0 Å². The zero-order chi connectivity index (χ0) is 15.0. The minimum Gasteiger partial charge on any atom is -0.377 e. The molecule has 1 atom stereocenters. The van der Waals surface area contributed by atoms with E-state index >= 15 is 0 Å². The molecule has 1 N–H and O–H groups in total. The van der Waals surface area contributed by atoms with Gasteiger partial charge in [0.05, 0.1) is 26.4 Å². The molecule has 0 saturated carbocycles. The van der Waals surface area contributed by atoms with Gasteiger partial charge in [-0.05, 0) is 23.1 Å². The highest BCUT2D eigenvalue weighted by Crippen LogP contribution is 2.16. The standard InChI is InChI=1S/C19H23NO2/c1-2-6-16(7-3-1)14-21-10-11-22-15-19-12-17-8-4-5-9-18(17)13-20-19/h1-9,19-20H,10-15H2. The van der Waals surface area contributed by atoms with E-state index in [2.05, 4.69) is 41.7 Å². The lowest BCUT2D eigenvalue weighted by Crippen LogP contribution is -2.39. The van der Waals surface area contributed by atoms with E-state index in [0.29, 0.717) is 25.9 Å². The maximum atomic E-state index is 5.74. The van der Waals surface area contributed by atoms with Crippen LogP contribution in [0.3, 0.4) is 0 Å². The molecule has 1 unspecified atom stereocenters. The Hall–Kier alpha value is -1.68. The van der Waals surface area contributed by atoms with Gasteiger partial charge in [0.25, 0.3) is 0 Å². The van der Waals surface area contributed by atoms with Gasteiger partial charge in [0.2, 0.25) is 0 Å². The third-order valence-corrected chi connectivity index (χ3v) is 3.97. The quantitative estimate of drug-likeness (QED) is 0.797. The van der Waals surface area contributed by atoms with E-state index in [0.717, 1.165) is 19.6 Å². The van der Waals surface area contributed by atoms with Crippen LogP contribution in [0.25, 0.3) is 0 Å². The Morgan fingerprint density at radius 3 is 2.45 bits per heavy atom. The van der Waals surface area contributed by atoms with Gasteiger partial charge in [-0.15, -0.1) is 0 Å². The molecule has 0 aromatic heterocycles. The first-order valence-electron chi connectivity index (χ1n) is 7.91. The number of benzene rings is 2. The minimum atomic E-state index is 0.407. The first-order valence-corrected chi connectivity index (χ1v) is 7.91. The maximum absolute atomic E-state index is 5.74. The molecule has 2 aromatic carbocycles. The normalized spacial score (nSPS) is 17.2. The largest absolute Gasteiger partial charge is 0.377 e. The fourth-order valence-corrected chi connectivity index (χ4v) is 2.75. The Balaban J connectivity index is 1.30. The summed E-state index contributed by atoms with van der Waals surface area (Å²) in [6.45, 7) is 3.61. The van der Waals surface area contributed by atoms with E-state index in [1.807, 2.05) is 18.2 Å². The minimum absolute atomic E-state index is 0.407. The van der Waals surface area contributed by atoms with Crippen LogP contribution in [0.5, 0.6) is 0 Å². The maximum Gasteiger partial charge on any atom is 0.0718 e. The third kappa shape index (κ3) is 4.41. The summed E-state index contributed by atoms with van der Waals surface area (Å²) in [5, 5.41) is 3.53. The fourth-order valence-electron chi connectivity index (χ4n) is 2.75. The topological polar surface area (TPSA) is 30.5 Å². The van der Waals surface area contributed by atoms with Crippen LogP contribution in [-0.4, -0.2) is 25.9 Å². The van der Waals surface area contributed by atoms with Gasteiger partial charge in [-0.25, -0.2) is 0 Å². The summed E-state index contributed by atoms with van der Waals surface area (Å²) in [6, 6.07) is 19.2. The average molecular weight is 297 g/mol. The van der Waals surface area contributed by atoms with Crippen LogP contribution in [0.15, 0.2) is 54.6 Å². The lowest BCUT2D eigenvalue weighted by molar-refractivity contribution is 0.0319. The molecule has 3 heteroatoms. The van der Waals surface area contributed by atoms with Crippen LogP contribution >= 0.6 is 0 Å². The van der Waals surface area contributed by atoms with Crippen molar-refractivity contribution < 1.29 is 9.47 Å². The molecule has 0 radical (unpaired) electrons. The Labute approximate surface area is 132 Å². The van der Waals surface area contributed by atoms with Gasteiger partial charge < -0.3 is 14.8 Å². The smallest absolute Gasteiger partial charge is 0.0718 e. The van der Waals surface area contributed by atoms with Crippen molar-refractivity contribution in [3.63, 3.8) is 0 Å². The second-order valence-corrected chi connectivity index (χ2v) is 5.66. The first kappa shape index (κ1) is 15.2. The van der Waals surface area contributed by atoms with E-state index in [-0.39, 0.29) is 0 Å². The highest BCUT2D eigenvalue weighted by molar-refractivity contribution is 5.29. The SMILES string of the molecule is c1ccc(COCCOCC2Cc3ccccc3CN2)cc1. The van der Waals surface area contributed by atoms with Crippen molar-refractivity contribution in [3.05, 3.63) is 71.3 Å². The number of fused-ring (bicyclic) bond motifs is 1. The number of ether oxygens (including phenoxy) is 2. The zero-order valence-corrected chi connectivity index (χ0v) is 12.8. The Morgan fingerprint density at radius 2 is 1.59 bits per heavy atom. The molecule has 1 aliphatic heterocycles. The number of nitrogens with one attached hydrogen (secondary N) is 1. The molecule has 2 aromatic rings. The second kappa shape index (κ2) is 8.08. The summed E-state index contributed by atoms with van der Waals surface area (Å²) in [4.78, 5) is 0. The summed E-state index contributed by atoms with van der Waals surface area (Å²) < 4.78 is 11.4. The Morgan fingerprint density at radius 1 is 0.864 bits per heavy atom. The van der Waals surface area contributed by atoms with Crippen molar-refractivity contribution in [1.82, 2.24) is 5.32 Å². The van der Waals surface area contributed by atoms with Gasteiger partial charge in [-0.2, -0.15) is 0 Å². The van der Waals surface area contributed by atoms with Gasteiger partial charge in [0, 0.05) is 12.6 Å². The van der Waals surface area contributed by atoms with Crippen LogP contribution in [0.2, 0.25) is 0 Å². The van der Waals surface area contributed by atoms with E-state index in [1.54, 1.807) is 0 Å². The number of hydrogen-bond acceptors (Lipinski definition) is 3. The van der Waals surface area contributed by atoms with Crippen molar-refractivity contribution >= 4 is 0 Å². The molecular weight excluding hydrogens is 274 g/mol. The number of hydrogen-bond donors (Lipinski definition) is 1. The van der Waals surface area contributed by atoms with Gasteiger partial charge in [-0.3, -0.25) is 0 Å². The van der Waals surface area contributed by atoms with Crippen molar-refractivity contribution in [1.29, 1.82) is 0 Å². The summed E-state index contributed by atoms with van der Waals surface area (Å²) in [5.74, 6) is 0. The summed E-state index contributed by atoms with van der Waals surface area (Å²) in [5.41, 5.74) is 4.05.